The summed E-state index contributed by atoms with van der Waals surface area (Å²) in [5.41, 5.74) is 5.75. The van der Waals surface area contributed by atoms with Gasteiger partial charge >= 0.3 is 11.8 Å². The standard InChI is InChI=1S/C15H17N3O4/c1-3-8(2)17-14(20)15(21)18-11-9-6-4-5-7-10(9)22-12(11)13(16)19/h4-8H,3H2,1-2H3,(H2,16,19)(H,17,20)(H,18,21). The van der Waals surface area contributed by atoms with Crippen LogP contribution in [0.25, 0.3) is 11.0 Å². The van der Waals surface area contributed by atoms with E-state index in [1.54, 1.807) is 31.2 Å². The number of primary amides is 1. The molecule has 1 aromatic heterocycles. The fourth-order valence-electron chi connectivity index (χ4n) is 1.90. The molecule has 0 bridgehead atoms. The van der Waals surface area contributed by atoms with Crippen LogP contribution >= 0.6 is 0 Å². The van der Waals surface area contributed by atoms with Crippen LogP contribution in [-0.4, -0.2) is 23.8 Å². The van der Waals surface area contributed by atoms with E-state index >= 15 is 0 Å². The Hall–Kier alpha value is -2.83. The van der Waals surface area contributed by atoms with Crippen LogP contribution in [0.1, 0.15) is 30.8 Å². The molecule has 0 saturated heterocycles. The van der Waals surface area contributed by atoms with E-state index in [-0.39, 0.29) is 17.5 Å². The fourth-order valence-corrected chi connectivity index (χ4v) is 1.90. The first-order valence-corrected chi connectivity index (χ1v) is 6.87. The second kappa shape index (κ2) is 6.30. The molecule has 2 aromatic rings. The predicted molar refractivity (Wildman–Crippen MR) is 81.3 cm³/mol. The SMILES string of the molecule is CCC(C)NC(=O)C(=O)Nc1c(C(N)=O)oc2ccccc12. The highest BCUT2D eigenvalue weighted by Crippen LogP contribution is 2.30. The number of hydrogen-bond donors (Lipinski definition) is 3. The third kappa shape index (κ3) is 3.08. The Balaban J connectivity index is 2.30. The number of rotatable bonds is 4. The quantitative estimate of drug-likeness (QED) is 0.740. The summed E-state index contributed by atoms with van der Waals surface area (Å²) in [6.45, 7) is 3.67. The van der Waals surface area contributed by atoms with Gasteiger partial charge in [0, 0.05) is 11.4 Å². The van der Waals surface area contributed by atoms with Crippen LogP contribution < -0.4 is 16.4 Å². The maximum Gasteiger partial charge on any atom is 0.313 e. The molecule has 4 N–H and O–H groups in total. The minimum atomic E-state index is -0.880. The number of carbonyl (C=O) groups excluding carboxylic acids is 3. The molecule has 3 amide bonds. The van der Waals surface area contributed by atoms with Crippen molar-refractivity contribution in [3.8, 4) is 0 Å². The number of furan rings is 1. The van der Waals surface area contributed by atoms with Crippen LogP contribution in [0.15, 0.2) is 28.7 Å². The molecule has 0 spiro atoms. The lowest BCUT2D eigenvalue weighted by Crippen LogP contribution is -2.40. The first kappa shape index (κ1) is 15.6. The summed E-state index contributed by atoms with van der Waals surface area (Å²) in [6, 6.07) is 6.61. The molecule has 116 valence electrons. The van der Waals surface area contributed by atoms with Crippen LogP contribution in [0.5, 0.6) is 0 Å². The molecular formula is C15H17N3O4. The zero-order valence-corrected chi connectivity index (χ0v) is 12.3. The molecule has 0 radical (unpaired) electrons. The van der Waals surface area contributed by atoms with E-state index < -0.39 is 17.7 Å². The summed E-state index contributed by atoms with van der Waals surface area (Å²) < 4.78 is 5.32. The molecule has 1 atom stereocenters. The highest BCUT2D eigenvalue weighted by atomic mass is 16.3. The Labute approximate surface area is 126 Å². The molecule has 1 heterocycles. The van der Waals surface area contributed by atoms with Crippen LogP contribution in [0.4, 0.5) is 5.69 Å². The molecule has 0 aliphatic rings. The molecule has 1 aromatic carbocycles. The van der Waals surface area contributed by atoms with Gasteiger partial charge in [-0.25, -0.2) is 0 Å². The van der Waals surface area contributed by atoms with Crippen molar-refractivity contribution in [3.05, 3.63) is 30.0 Å². The normalized spacial score (nSPS) is 11.9. The van der Waals surface area contributed by atoms with Gasteiger partial charge in [-0.3, -0.25) is 14.4 Å². The van der Waals surface area contributed by atoms with E-state index in [0.717, 1.165) is 0 Å². The number of amides is 3. The molecule has 7 nitrogen and oxygen atoms in total. The van der Waals surface area contributed by atoms with Gasteiger partial charge in [0.15, 0.2) is 0 Å². The first-order chi connectivity index (χ1) is 10.4. The van der Waals surface area contributed by atoms with Gasteiger partial charge in [0.25, 0.3) is 5.91 Å². The van der Waals surface area contributed by atoms with Crippen molar-refractivity contribution in [3.63, 3.8) is 0 Å². The van der Waals surface area contributed by atoms with Gasteiger partial charge in [0.05, 0.1) is 0 Å². The zero-order valence-electron chi connectivity index (χ0n) is 12.3. The third-order valence-electron chi connectivity index (χ3n) is 3.25. The van der Waals surface area contributed by atoms with Gasteiger partial charge in [0.1, 0.15) is 11.3 Å². The largest absolute Gasteiger partial charge is 0.449 e. The van der Waals surface area contributed by atoms with E-state index in [9.17, 15) is 14.4 Å². The Morgan fingerprint density at radius 3 is 2.55 bits per heavy atom. The molecule has 0 aliphatic carbocycles. The Morgan fingerprint density at radius 1 is 1.23 bits per heavy atom. The van der Waals surface area contributed by atoms with E-state index in [0.29, 0.717) is 17.4 Å². The number of anilines is 1. The molecule has 2 rings (SSSR count). The number of fused-ring (bicyclic) bond motifs is 1. The van der Waals surface area contributed by atoms with Gasteiger partial charge in [-0.1, -0.05) is 19.1 Å². The van der Waals surface area contributed by atoms with Gasteiger partial charge in [-0.2, -0.15) is 0 Å². The second-order valence-corrected chi connectivity index (χ2v) is 4.90. The molecule has 7 heteroatoms. The van der Waals surface area contributed by atoms with E-state index in [1.165, 1.54) is 0 Å². The van der Waals surface area contributed by atoms with Gasteiger partial charge < -0.3 is 20.8 Å². The zero-order chi connectivity index (χ0) is 16.3. The van der Waals surface area contributed by atoms with Crippen molar-refractivity contribution >= 4 is 34.4 Å². The monoisotopic (exact) mass is 303 g/mol. The lowest BCUT2D eigenvalue weighted by Gasteiger charge is -2.11. The maximum atomic E-state index is 12.0. The summed E-state index contributed by atoms with van der Waals surface area (Å²) in [4.78, 5) is 35.2. The van der Waals surface area contributed by atoms with Crippen LogP contribution in [0, 0.1) is 0 Å². The first-order valence-electron chi connectivity index (χ1n) is 6.87. The lowest BCUT2D eigenvalue weighted by molar-refractivity contribution is -0.136. The minimum absolute atomic E-state index is 0.104. The number of benzene rings is 1. The van der Waals surface area contributed by atoms with Crippen molar-refractivity contribution in [2.24, 2.45) is 5.73 Å². The Kier molecular flexibility index (Phi) is 4.45. The summed E-state index contributed by atoms with van der Waals surface area (Å²) in [5.74, 6) is -2.68. The number of nitrogens with two attached hydrogens (primary N) is 1. The number of hydrogen-bond acceptors (Lipinski definition) is 4. The predicted octanol–water partition coefficient (Wildman–Crippen LogP) is 1.38. The summed E-state index contributed by atoms with van der Waals surface area (Å²) >= 11 is 0. The van der Waals surface area contributed by atoms with Crippen molar-refractivity contribution < 1.29 is 18.8 Å². The van der Waals surface area contributed by atoms with Crippen molar-refractivity contribution in [1.82, 2.24) is 5.32 Å². The van der Waals surface area contributed by atoms with Crippen molar-refractivity contribution in [2.75, 3.05) is 5.32 Å². The van der Waals surface area contributed by atoms with Crippen molar-refractivity contribution in [2.45, 2.75) is 26.3 Å². The second-order valence-electron chi connectivity index (χ2n) is 4.90. The average Bonchev–Trinajstić information content (AvgIpc) is 2.86. The molecule has 22 heavy (non-hydrogen) atoms. The van der Waals surface area contributed by atoms with Gasteiger partial charge in [-0.05, 0) is 25.5 Å². The summed E-state index contributed by atoms with van der Waals surface area (Å²) in [7, 11) is 0. The average molecular weight is 303 g/mol. The molecule has 0 saturated carbocycles. The highest BCUT2D eigenvalue weighted by Gasteiger charge is 2.23. The van der Waals surface area contributed by atoms with Gasteiger partial charge in [-0.15, -0.1) is 0 Å². The molecule has 1 unspecified atom stereocenters. The fraction of sp³-hybridized carbons (Fsp3) is 0.267. The Morgan fingerprint density at radius 2 is 1.91 bits per heavy atom. The van der Waals surface area contributed by atoms with Gasteiger partial charge in [0.2, 0.25) is 5.76 Å². The lowest BCUT2D eigenvalue weighted by atomic mass is 10.2. The number of nitrogens with one attached hydrogen (secondary N) is 2. The van der Waals surface area contributed by atoms with Crippen LogP contribution in [0.2, 0.25) is 0 Å². The maximum absolute atomic E-state index is 12.0. The molecular weight excluding hydrogens is 286 g/mol. The summed E-state index contributed by atoms with van der Waals surface area (Å²) in [6.07, 6.45) is 0.695. The summed E-state index contributed by atoms with van der Waals surface area (Å²) in [5, 5.41) is 5.44. The smallest absolute Gasteiger partial charge is 0.313 e. The Bertz CT molecular complexity index is 735. The van der Waals surface area contributed by atoms with Crippen LogP contribution in [-0.2, 0) is 9.59 Å². The van der Waals surface area contributed by atoms with E-state index in [4.69, 9.17) is 10.2 Å². The van der Waals surface area contributed by atoms with E-state index in [1.807, 2.05) is 6.92 Å². The number of carbonyl (C=O) groups is 3. The van der Waals surface area contributed by atoms with E-state index in [2.05, 4.69) is 10.6 Å². The third-order valence-corrected chi connectivity index (χ3v) is 3.25. The van der Waals surface area contributed by atoms with Crippen LogP contribution in [0.3, 0.4) is 0 Å². The topological polar surface area (TPSA) is 114 Å². The minimum Gasteiger partial charge on any atom is -0.449 e. The highest BCUT2D eigenvalue weighted by molar-refractivity contribution is 6.40. The molecule has 0 fully saturated rings. The molecule has 0 aliphatic heterocycles. The van der Waals surface area contributed by atoms with Crippen molar-refractivity contribution in [1.29, 1.82) is 0 Å². The number of para-hydroxylation sites is 1.